The maximum Gasteiger partial charge on any atom is 0.333 e. The monoisotopic (exact) mass is 302 g/mol. The van der Waals surface area contributed by atoms with E-state index in [0.29, 0.717) is 18.6 Å². The van der Waals surface area contributed by atoms with Crippen molar-refractivity contribution in [2.45, 2.75) is 40.0 Å². The minimum absolute atomic E-state index is 0.0104. The average molecular weight is 302 g/mol. The molecule has 0 aliphatic rings. The Morgan fingerprint density at radius 1 is 1.14 bits per heavy atom. The van der Waals surface area contributed by atoms with Gasteiger partial charge >= 0.3 is 5.69 Å². The van der Waals surface area contributed by atoms with Crippen molar-refractivity contribution in [1.29, 1.82) is 0 Å². The van der Waals surface area contributed by atoms with E-state index in [1.165, 1.54) is 4.57 Å². The topological polar surface area (TPSA) is 53.2 Å². The molecule has 118 valence electrons. The highest BCUT2D eigenvalue weighted by atomic mass is 16.5. The number of ether oxygens (including phenoxy) is 1. The van der Waals surface area contributed by atoms with Crippen LogP contribution in [0.4, 0.5) is 0 Å². The van der Waals surface area contributed by atoms with E-state index in [1.807, 2.05) is 51.1 Å². The molecular weight excluding hydrogens is 280 g/mol. The summed E-state index contributed by atoms with van der Waals surface area (Å²) >= 11 is 0. The van der Waals surface area contributed by atoms with Gasteiger partial charge in [0, 0.05) is 30.8 Å². The molecular formula is C17H22N2O3. The lowest BCUT2D eigenvalue weighted by Gasteiger charge is -2.15. The van der Waals surface area contributed by atoms with Crippen molar-refractivity contribution in [3.8, 4) is 0 Å². The molecule has 2 rings (SSSR count). The Hall–Kier alpha value is -2.14. The van der Waals surface area contributed by atoms with E-state index in [4.69, 9.17) is 4.74 Å². The van der Waals surface area contributed by atoms with E-state index in [1.54, 1.807) is 10.8 Å². The van der Waals surface area contributed by atoms with E-state index >= 15 is 0 Å². The molecule has 0 saturated heterocycles. The van der Waals surface area contributed by atoms with Crippen molar-refractivity contribution >= 4 is 0 Å². The summed E-state index contributed by atoms with van der Waals surface area (Å²) in [6.45, 7) is 6.12. The lowest BCUT2D eigenvalue weighted by Crippen LogP contribution is -2.42. The van der Waals surface area contributed by atoms with Crippen LogP contribution in [0.3, 0.4) is 0 Å². The average Bonchev–Trinajstić information content (AvgIpc) is 2.50. The van der Waals surface area contributed by atoms with Gasteiger partial charge in [-0.1, -0.05) is 30.3 Å². The number of hydrogen-bond acceptors (Lipinski definition) is 3. The first-order valence-corrected chi connectivity index (χ1v) is 7.51. The van der Waals surface area contributed by atoms with Crippen LogP contribution >= 0.6 is 0 Å². The van der Waals surface area contributed by atoms with Crippen LogP contribution in [-0.4, -0.2) is 15.7 Å². The lowest BCUT2D eigenvalue weighted by atomic mass is 10.1. The van der Waals surface area contributed by atoms with Gasteiger partial charge in [0.1, 0.15) is 6.73 Å². The van der Waals surface area contributed by atoms with E-state index in [9.17, 15) is 9.59 Å². The molecule has 0 spiro atoms. The minimum Gasteiger partial charge on any atom is -0.361 e. The van der Waals surface area contributed by atoms with Crippen LogP contribution < -0.4 is 11.2 Å². The van der Waals surface area contributed by atoms with Gasteiger partial charge in [-0.25, -0.2) is 9.36 Å². The molecule has 0 atom stereocenters. The van der Waals surface area contributed by atoms with E-state index in [-0.39, 0.29) is 24.0 Å². The number of hydrogen-bond donors (Lipinski definition) is 0. The summed E-state index contributed by atoms with van der Waals surface area (Å²) in [6.07, 6.45) is 2.17. The largest absolute Gasteiger partial charge is 0.361 e. The molecule has 0 amide bonds. The normalized spacial score (nSPS) is 11.1. The van der Waals surface area contributed by atoms with Crippen LogP contribution in [-0.2, 0) is 17.9 Å². The number of nitrogens with zero attached hydrogens (tertiary/aromatic N) is 2. The van der Waals surface area contributed by atoms with Crippen molar-refractivity contribution in [2.75, 3.05) is 6.61 Å². The Kier molecular flexibility index (Phi) is 5.33. The van der Waals surface area contributed by atoms with Crippen LogP contribution in [0.2, 0.25) is 0 Å². The molecule has 0 radical (unpaired) electrons. The number of rotatable bonds is 6. The van der Waals surface area contributed by atoms with Crippen molar-refractivity contribution < 1.29 is 4.74 Å². The number of benzene rings is 1. The summed E-state index contributed by atoms with van der Waals surface area (Å²) in [4.78, 5) is 24.9. The molecule has 5 heteroatoms. The third-order valence-electron chi connectivity index (χ3n) is 3.48. The predicted octanol–water partition coefficient (Wildman–Crippen LogP) is 2.18. The Labute approximate surface area is 129 Å². The summed E-state index contributed by atoms with van der Waals surface area (Å²) in [5, 5.41) is 0. The maximum absolute atomic E-state index is 12.5. The molecule has 0 fully saturated rings. The van der Waals surface area contributed by atoms with Gasteiger partial charge < -0.3 is 4.74 Å². The van der Waals surface area contributed by atoms with Gasteiger partial charge in [0.15, 0.2) is 0 Å². The zero-order valence-electron chi connectivity index (χ0n) is 13.3. The summed E-state index contributed by atoms with van der Waals surface area (Å²) in [5.41, 5.74) is 1.03. The summed E-state index contributed by atoms with van der Waals surface area (Å²) in [6, 6.07) is 9.73. The lowest BCUT2D eigenvalue weighted by molar-refractivity contribution is 0.0804. The van der Waals surface area contributed by atoms with Crippen molar-refractivity contribution in [2.24, 2.45) is 0 Å². The Morgan fingerprint density at radius 2 is 1.82 bits per heavy atom. The molecule has 1 aromatic carbocycles. The Bertz CT molecular complexity index is 730. The van der Waals surface area contributed by atoms with Gasteiger partial charge in [-0.2, -0.15) is 0 Å². The zero-order valence-corrected chi connectivity index (χ0v) is 13.3. The standard InChI is InChI=1S/C17H22N2O3/c1-4-22-12-19-16(20)15(10-14-8-6-5-7-9-14)11-18(13(2)3)17(19)21/h5-9,11,13H,4,10,12H2,1-3H3. The quantitative estimate of drug-likeness (QED) is 0.822. The SMILES string of the molecule is CCOCn1c(=O)c(Cc2ccccc2)cn(C(C)C)c1=O. The third-order valence-corrected chi connectivity index (χ3v) is 3.48. The first-order chi connectivity index (χ1) is 10.5. The number of aromatic nitrogens is 2. The molecule has 0 bridgehead atoms. The fraction of sp³-hybridized carbons (Fsp3) is 0.412. The third kappa shape index (κ3) is 3.54. The molecule has 0 aliphatic carbocycles. The van der Waals surface area contributed by atoms with Gasteiger partial charge in [-0.3, -0.25) is 9.36 Å². The van der Waals surface area contributed by atoms with Gasteiger partial charge in [-0.15, -0.1) is 0 Å². The van der Waals surface area contributed by atoms with Crippen LogP contribution in [0.25, 0.3) is 0 Å². The summed E-state index contributed by atoms with van der Waals surface area (Å²) in [7, 11) is 0. The second kappa shape index (κ2) is 7.22. The highest BCUT2D eigenvalue weighted by Crippen LogP contribution is 2.07. The fourth-order valence-electron chi connectivity index (χ4n) is 2.28. The highest BCUT2D eigenvalue weighted by molar-refractivity contribution is 5.22. The van der Waals surface area contributed by atoms with Gasteiger partial charge in [0.2, 0.25) is 0 Å². The van der Waals surface area contributed by atoms with E-state index in [0.717, 1.165) is 5.56 Å². The van der Waals surface area contributed by atoms with Crippen LogP contribution in [0.15, 0.2) is 46.1 Å². The maximum atomic E-state index is 12.5. The molecule has 0 aliphatic heterocycles. The summed E-state index contributed by atoms with van der Waals surface area (Å²) in [5.74, 6) is 0. The van der Waals surface area contributed by atoms with Gasteiger partial charge in [0.25, 0.3) is 5.56 Å². The van der Waals surface area contributed by atoms with E-state index in [2.05, 4.69) is 0 Å². The van der Waals surface area contributed by atoms with Gasteiger partial charge in [0.05, 0.1) is 0 Å². The Morgan fingerprint density at radius 3 is 2.41 bits per heavy atom. The molecule has 22 heavy (non-hydrogen) atoms. The van der Waals surface area contributed by atoms with Crippen LogP contribution in [0, 0.1) is 0 Å². The highest BCUT2D eigenvalue weighted by Gasteiger charge is 2.13. The second-order valence-corrected chi connectivity index (χ2v) is 5.46. The molecule has 0 saturated carbocycles. The minimum atomic E-state index is -0.328. The first-order valence-electron chi connectivity index (χ1n) is 7.51. The first kappa shape index (κ1) is 16.2. The van der Waals surface area contributed by atoms with Gasteiger partial charge in [-0.05, 0) is 26.3 Å². The second-order valence-electron chi connectivity index (χ2n) is 5.46. The van der Waals surface area contributed by atoms with Crippen molar-refractivity contribution in [3.05, 3.63) is 68.5 Å². The zero-order chi connectivity index (χ0) is 16.1. The molecule has 5 nitrogen and oxygen atoms in total. The Balaban J connectivity index is 2.51. The predicted molar refractivity (Wildman–Crippen MR) is 86.2 cm³/mol. The molecule has 0 unspecified atom stereocenters. The van der Waals surface area contributed by atoms with E-state index < -0.39 is 0 Å². The van der Waals surface area contributed by atoms with Crippen molar-refractivity contribution in [3.63, 3.8) is 0 Å². The van der Waals surface area contributed by atoms with Crippen LogP contribution in [0.1, 0.15) is 37.9 Å². The molecule has 2 aromatic rings. The molecule has 0 N–H and O–H groups in total. The molecule has 1 heterocycles. The smallest absolute Gasteiger partial charge is 0.333 e. The molecule has 1 aromatic heterocycles. The summed E-state index contributed by atoms with van der Waals surface area (Å²) < 4.78 is 8.02. The fourth-order valence-corrected chi connectivity index (χ4v) is 2.28. The van der Waals surface area contributed by atoms with Crippen molar-refractivity contribution in [1.82, 2.24) is 9.13 Å². The van der Waals surface area contributed by atoms with Crippen LogP contribution in [0.5, 0.6) is 0 Å².